The molecule has 19 atom stereocenters. The summed E-state index contributed by atoms with van der Waals surface area (Å²) in [6, 6.07) is 0. The van der Waals surface area contributed by atoms with Crippen molar-refractivity contribution in [2.24, 2.45) is 50.2 Å². The normalized spacial score (nSPS) is 43.4. The number of aliphatic carboxylic acids is 3. The Kier molecular flexibility index (Phi) is 16.6. The van der Waals surface area contributed by atoms with Crippen molar-refractivity contribution in [3.8, 4) is 0 Å². The van der Waals surface area contributed by atoms with Gasteiger partial charge in [0.05, 0.1) is 11.5 Å². The van der Waals surface area contributed by atoms with Crippen LogP contribution in [0.4, 0.5) is 0 Å². The summed E-state index contributed by atoms with van der Waals surface area (Å²) in [6.07, 6.45) is -25.5. The number of allylic oxidation sites excluding steroid dienone is 2. The Hall–Kier alpha value is -2.67. The van der Waals surface area contributed by atoms with E-state index in [1.54, 1.807) is 26.8 Å². The highest BCUT2D eigenvalue weighted by Crippen LogP contribution is 2.75. The lowest BCUT2D eigenvalue weighted by Crippen LogP contribution is -2.69. The molecule has 6 fully saturated rings. The number of hydrogen-bond acceptors (Lipinski definition) is 24. The fraction of sp³-hybridized carbons (Fsp3) is 0.857. The van der Waals surface area contributed by atoms with E-state index in [0.29, 0.717) is 32.1 Å². The predicted molar refractivity (Wildman–Crippen MR) is 255 cm³/mol. The summed E-state index contributed by atoms with van der Waals surface area (Å²) >= 11 is -5.46. The van der Waals surface area contributed by atoms with E-state index in [2.05, 4.69) is 33.3 Å². The van der Waals surface area contributed by atoms with Gasteiger partial charge in [-0.25, -0.2) is 26.3 Å². The highest BCUT2D eigenvalue weighted by molar-refractivity contribution is 8.15. The number of carboxylic acids is 3. The van der Waals surface area contributed by atoms with Crippen LogP contribution in [0.5, 0.6) is 0 Å². The lowest BCUT2D eigenvalue weighted by molar-refractivity contribution is -0.351. The van der Waals surface area contributed by atoms with Gasteiger partial charge in [0.25, 0.3) is 0 Å². The Bertz CT molecular complexity index is 2910. The van der Waals surface area contributed by atoms with Crippen LogP contribution in [0.25, 0.3) is 0 Å². The monoisotopic (exact) mass is 1220 g/mol. The molecular formula is C42H64O31S5. The Morgan fingerprint density at radius 3 is 1.53 bits per heavy atom. The van der Waals surface area contributed by atoms with Crippen LogP contribution < -0.4 is 0 Å². The van der Waals surface area contributed by atoms with Crippen molar-refractivity contribution in [1.29, 1.82) is 0 Å². The van der Waals surface area contributed by atoms with E-state index < -0.39 is 177 Å². The molecule has 2 aliphatic heterocycles. The Balaban J connectivity index is 1.26. The average molecular weight is 1230 g/mol. The van der Waals surface area contributed by atoms with Gasteiger partial charge in [-0.2, -0.15) is 33.7 Å². The van der Waals surface area contributed by atoms with Gasteiger partial charge in [0, 0.05) is 5.92 Å². The number of rotatable bonds is 17. The molecule has 0 amide bonds. The van der Waals surface area contributed by atoms with Crippen LogP contribution in [-0.4, -0.2) is 172 Å². The minimum atomic E-state index is -6.11. The van der Waals surface area contributed by atoms with Gasteiger partial charge in [0.1, 0.15) is 24.4 Å². The number of hydrogen-bond donors (Lipinski definition) is 10. The van der Waals surface area contributed by atoms with Crippen molar-refractivity contribution in [2.45, 2.75) is 174 Å². The van der Waals surface area contributed by atoms with E-state index in [0.717, 1.165) is 18.4 Å². The maximum Gasteiger partial charge on any atom is 0.397 e. The number of carboxylic acid groups (broad SMARTS) is 3. The number of carbonyl (C=O) groups excluding carboxylic acids is 1. The maximum atomic E-state index is 15.0. The van der Waals surface area contributed by atoms with E-state index in [1.165, 1.54) is 0 Å². The van der Waals surface area contributed by atoms with Crippen molar-refractivity contribution in [3.05, 3.63) is 11.6 Å². The van der Waals surface area contributed by atoms with Crippen molar-refractivity contribution in [3.63, 3.8) is 0 Å². The molecule has 7 aliphatic rings. The van der Waals surface area contributed by atoms with Gasteiger partial charge < -0.3 is 34.3 Å². The van der Waals surface area contributed by atoms with Crippen molar-refractivity contribution >= 4 is 76.4 Å². The van der Waals surface area contributed by atoms with Gasteiger partial charge in [-0.15, -0.1) is 0 Å². The van der Waals surface area contributed by atoms with Gasteiger partial charge in [-0.05, 0) is 110 Å². The largest absolute Gasteiger partial charge is 0.481 e. The molecule has 0 radical (unpaired) electrons. The summed E-state index contributed by atoms with van der Waals surface area (Å²) in [4.78, 5) is 53.3. The first kappa shape index (κ1) is 62.9. The lowest BCUT2D eigenvalue weighted by atomic mass is 9.33. The first-order chi connectivity index (χ1) is 35.2. The molecule has 0 aromatic carbocycles. The lowest BCUT2D eigenvalue weighted by Gasteiger charge is -2.70. The van der Waals surface area contributed by atoms with Crippen molar-refractivity contribution in [2.75, 3.05) is 0 Å². The molecule has 0 bridgehead atoms. The first-order valence-corrected chi connectivity index (χ1v) is 31.0. The summed E-state index contributed by atoms with van der Waals surface area (Å²) in [5.74, 6) is -6.97. The van der Waals surface area contributed by atoms with Gasteiger partial charge in [-0.1, -0.05) is 47.1 Å². The van der Waals surface area contributed by atoms with Crippen LogP contribution in [0, 0.1) is 50.2 Å². The Morgan fingerprint density at radius 2 is 1.03 bits per heavy atom. The quantitative estimate of drug-likeness (QED) is 0.0739. The standard InChI is InChI=1S/C42H64O31S5/c1-37(2)21-8-11-42(7)31(20(43)16-18-19-17-39(4,36(48)49)13-12-38(19,3)14-15-41(18,42)6)40(21,5)10-9-22(37)65-34-29(72-77(59,60)61)24(69-74(50,51)52)23(27(67-34)32(44)45)66-35-30(73-78(62,63)64)26(71-76(56,57)58)25(70-75(53,54)55)28(68-35)33(46)47/h16,19,21-31,34-35,59-61H,8-15,17H2,1-7H3,(H,44,45)(H,46,47)(H,48,49)(H,50,51,52)(H,53,54,55)(H,56,57,58)(H,62,63,64)/t19?,21?,22-,23-,24-,25-,26-,27-,28-,29+,30+,31?,34+,35+,38+,39-,40-,41+,42+/m0/s1. The minimum absolute atomic E-state index is 0.0165. The van der Waals surface area contributed by atoms with Gasteiger partial charge >= 0.3 is 59.5 Å². The van der Waals surface area contributed by atoms with E-state index >= 15 is 4.79 Å². The molecule has 2 heterocycles. The fourth-order valence-electron chi connectivity index (χ4n) is 14.5. The summed E-state index contributed by atoms with van der Waals surface area (Å²) in [7, 11) is -24.2. The maximum absolute atomic E-state index is 15.0. The molecule has 5 aliphatic carbocycles. The van der Waals surface area contributed by atoms with E-state index in [4.69, 9.17) is 27.3 Å². The van der Waals surface area contributed by atoms with Crippen LogP contribution in [-0.2, 0) is 101 Å². The summed E-state index contributed by atoms with van der Waals surface area (Å²) in [5, 5.41) is 30.9. The fourth-order valence-corrected chi connectivity index (χ4v) is 17.0. The van der Waals surface area contributed by atoms with Crippen LogP contribution >= 0.6 is 11.2 Å². The second-order valence-electron chi connectivity index (χ2n) is 23.2. The zero-order chi connectivity index (χ0) is 58.9. The van der Waals surface area contributed by atoms with E-state index in [1.807, 2.05) is 6.92 Å². The number of ether oxygens (including phenoxy) is 4. The minimum Gasteiger partial charge on any atom is -0.481 e. The molecular weight excluding hydrogens is 1160 g/mol. The zero-order valence-electron chi connectivity index (χ0n) is 42.6. The highest BCUT2D eigenvalue weighted by Gasteiger charge is 2.71. The molecule has 10 N–H and O–H groups in total. The molecule has 0 spiro atoms. The summed E-state index contributed by atoms with van der Waals surface area (Å²) < 4.78 is 212. The van der Waals surface area contributed by atoms with Crippen LogP contribution in [0.1, 0.15) is 106 Å². The Labute approximate surface area is 450 Å². The molecule has 36 heteroatoms. The highest BCUT2D eigenvalue weighted by atomic mass is 32.3. The molecule has 7 rings (SSSR count). The second-order valence-corrected chi connectivity index (χ2v) is 28.5. The van der Waals surface area contributed by atoms with Gasteiger partial charge in [-0.3, -0.25) is 45.6 Å². The molecule has 2 saturated heterocycles. The third-order valence-electron chi connectivity index (χ3n) is 18.3. The number of carbonyl (C=O) groups is 4. The van der Waals surface area contributed by atoms with Crippen LogP contribution in [0.15, 0.2) is 11.6 Å². The van der Waals surface area contributed by atoms with Crippen molar-refractivity contribution < 1.29 is 140 Å². The van der Waals surface area contributed by atoms with Gasteiger partial charge in [0.15, 0.2) is 42.8 Å². The molecule has 0 aromatic heterocycles. The number of ketones is 1. The SMILES string of the molecule is CC1(C)C2CC[C@]3(C)C(C(=O)C=C4C5C[C@@](C)(C(=O)O)CC[C@]5(C)CC[C@]43C)[C@@]2(C)CC[C@@H]1O[C@@H]1O[C@H](C(=O)O)[C@@H](O[C@@H]2O[C@H](C(=O)O)[C@@H](OS(=O)(=O)O)[C@H](OS(=O)(=O)O)[C@H]2OS(=O)(=O)O)[C@H](OS(=O)(=O)O)[C@H]1OS(O)(O)O. The van der Waals surface area contributed by atoms with E-state index in [-0.39, 0.29) is 30.0 Å². The average Bonchev–Trinajstić information content (AvgIpc) is 3.24. The Morgan fingerprint density at radius 1 is 0.564 bits per heavy atom. The third-order valence-corrected chi connectivity index (χ3v) is 20.6. The topological polar surface area (TPSA) is 490 Å². The van der Waals surface area contributed by atoms with Crippen LogP contribution in [0.2, 0.25) is 0 Å². The van der Waals surface area contributed by atoms with E-state index in [9.17, 15) is 95.2 Å². The summed E-state index contributed by atoms with van der Waals surface area (Å²) in [5.41, 5.74) is -3.45. The molecule has 3 unspecified atom stereocenters. The second kappa shape index (κ2) is 20.6. The molecule has 448 valence electrons. The van der Waals surface area contributed by atoms with Crippen LogP contribution in [0.3, 0.4) is 0 Å². The zero-order valence-corrected chi connectivity index (χ0v) is 46.7. The molecule has 31 nitrogen and oxygen atoms in total. The molecule has 78 heavy (non-hydrogen) atoms. The summed E-state index contributed by atoms with van der Waals surface area (Å²) in [6.45, 7) is 13.6. The predicted octanol–water partition coefficient (Wildman–Crippen LogP) is 2.72. The van der Waals surface area contributed by atoms with Gasteiger partial charge in [0.2, 0.25) is 11.2 Å². The third kappa shape index (κ3) is 12.1. The molecule has 4 saturated carbocycles. The smallest absolute Gasteiger partial charge is 0.397 e. The first-order valence-electron chi connectivity index (χ1n) is 24.1. The molecule has 0 aromatic rings. The van der Waals surface area contributed by atoms with Crippen molar-refractivity contribution in [1.82, 2.24) is 0 Å². The number of fused-ring (bicyclic) bond motifs is 7.